The number of hydrogen-bond acceptors (Lipinski definition) is 5. The third kappa shape index (κ3) is 8.09. The second-order valence-corrected chi connectivity index (χ2v) is 9.75. The Bertz CT molecular complexity index is 946. The first-order valence-corrected chi connectivity index (χ1v) is 12.8. The van der Waals surface area contributed by atoms with E-state index < -0.39 is 11.9 Å². The molecule has 1 saturated heterocycles. The first-order chi connectivity index (χ1) is 16.4. The van der Waals surface area contributed by atoms with E-state index in [4.69, 9.17) is 10.5 Å². The zero-order valence-electron chi connectivity index (χ0n) is 19.6. The Hall–Kier alpha value is -3.00. The second kappa shape index (κ2) is 13.0. The Balaban J connectivity index is 1.62. The van der Waals surface area contributed by atoms with Crippen molar-refractivity contribution in [3.63, 3.8) is 0 Å². The average Bonchev–Trinajstić information content (AvgIpc) is 2.87. The predicted octanol–water partition coefficient (Wildman–Crippen LogP) is 2.77. The van der Waals surface area contributed by atoms with Crippen LogP contribution in [-0.2, 0) is 27.4 Å². The Kier molecular flexibility index (Phi) is 9.82. The second-order valence-electron chi connectivity index (χ2n) is 8.52. The van der Waals surface area contributed by atoms with Gasteiger partial charge in [0.15, 0.2) is 0 Å². The summed E-state index contributed by atoms with van der Waals surface area (Å²) in [5.41, 5.74) is 7.32. The summed E-state index contributed by atoms with van der Waals surface area (Å²) in [5, 5.41) is 2.90. The Morgan fingerprint density at radius 2 is 1.71 bits per heavy atom. The lowest BCUT2D eigenvalue weighted by molar-refractivity contribution is -0.136. The van der Waals surface area contributed by atoms with Crippen molar-refractivity contribution in [1.29, 1.82) is 0 Å². The van der Waals surface area contributed by atoms with Gasteiger partial charge in [-0.2, -0.15) is 11.8 Å². The molecule has 7 nitrogen and oxygen atoms in total. The molecular formula is C26H33N3O4S. The molecule has 2 atom stereocenters. The zero-order valence-corrected chi connectivity index (χ0v) is 20.4. The van der Waals surface area contributed by atoms with Crippen LogP contribution in [0.4, 0.5) is 0 Å². The molecule has 3 amide bonds. The van der Waals surface area contributed by atoms with Crippen LogP contribution in [-0.4, -0.2) is 53.3 Å². The minimum Gasteiger partial charge on any atom is -0.489 e. The maximum absolute atomic E-state index is 13.2. The lowest BCUT2D eigenvalue weighted by atomic mass is 10.0. The summed E-state index contributed by atoms with van der Waals surface area (Å²) >= 11 is 1.83. The van der Waals surface area contributed by atoms with E-state index >= 15 is 0 Å². The van der Waals surface area contributed by atoms with Crippen molar-refractivity contribution in [2.45, 2.75) is 38.8 Å². The van der Waals surface area contributed by atoms with Crippen molar-refractivity contribution in [1.82, 2.24) is 10.2 Å². The molecule has 182 valence electrons. The number of primary amides is 1. The topological polar surface area (TPSA) is 102 Å². The summed E-state index contributed by atoms with van der Waals surface area (Å²) in [4.78, 5) is 38.9. The molecule has 0 aliphatic carbocycles. The highest BCUT2D eigenvalue weighted by atomic mass is 32.2. The highest BCUT2D eigenvalue weighted by Gasteiger charge is 2.27. The van der Waals surface area contributed by atoms with Gasteiger partial charge in [0.1, 0.15) is 18.4 Å². The predicted molar refractivity (Wildman–Crippen MR) is 134 cm³/mol. The summed E-state index contributed by atoms with van der Waals surface area (Å²) in [6.07, 6.45) is 0.893. The molecule has 2 aromatic rings. The number of amides is 3. The third-order valence-electron chi connectivity index (χ3n) is 5.86. The molecule has 1 heterocycles. The number of carbonyl (C=O) groups is 3. The number of carbonyl (C=O) groups excluding carboxylic acids is 3. The molecule has 1 aliphatic rings. The molecule has 34 heavy (non-hydrogen) atoms. The number of benzene rings is 2. The molecule has 0 bridgehead atoms. The van der Waals surface area contributed by atoms with Crippen molar-refractivity contribution in [3.8, 4) is 5.75 Å². The van der Waals surface area contributed by atoms with Crippen LogP contribution in [0.25, 0.3) is 0 Å². The van der Waals surface area contributed by atoms with E-state index in [2.05, 4.69) is 5.32 Å². The molecule has 3 rings (SSSR count). The van der Waals surface area contributed by atoms with Crippen molar-refractivity contribution >= 4 is 29.5 Å². The van der Waals surface area contributed by atoms with E-state index in [0.717, 1.165) is 28.4 Å². The fourth-order valence-electron chi connectivity index (χ4n) is 3.66. The molecular weight excluding hydrogens is 450 g/mol. The Morgan fingerprint density at radius 3 is 2.35 bits per heavy atom. The van der Waals surface area contributed by atoms with Crippen LogP contribution in [0.1, 0.15) is 30.9 Å². The van der Waals surface area contributed by atoms with Crippen LogP contribution in [0.5, 0.6) is 5.75 Å². The van der Waals surface area contributed by atoms with Gasteiger partial charge < -0.3 is 20.7 Å². The van der Waals surface area contributed by atoms with Gasteiger partial charge in [-0.15, -0.1) is 0 Å². The van der Waals surface area contributed by atoms with Gasteiger partial charge in [0, 0.05) is 43.4 Å². The quantitative estimate of drug-likeness (QED) is 0.512. The highest BCUT2D eigenvalue weighted by molar-refractivity contribution is 7.99. The SMILES string of the molecule is CC(CCC(=O)NC(Cc1ccc(OCc2ccccc2)cc1)C(=O)N1CCSCC1)C(N)=O. The van der Waals surface area contributed by atoms with E-state index in [9.17, 15) is 14.4 Å². The van der Waals surface area contributed by atoms with Gasteiger partial charge in [-0.05, 0) is 29.7 Å². The summed E-state index contributed by atoms with van der Waals surface area (Å²) in [7, 11) is 0. The standard InChI is InChI=1S/C26H33N3O4S/c1-19(25(27)31)7-12-24(30)28-23(26(32)29-13-15-34-16-14-29)17-20-8-10-22(11-9-20)33-18-21-5-3-2-4-6-21/h2-6,8-11,19,23H,7,12-18H2,1H3,(H2,27,31)(H,28,30). The minimum atomic E-state index is -0.657. The molecule has 2 aromatic carbocycles. The van der Waals surface area contributed by atoms with Gasteiger partial charge in [-0.1, -0.05) is 49.4 Å². The smallest absolute Gasteiger partial charge is 0.245 e. The highest BCUT2D eigenvalue weighted by Crippen LogP contribution is 2.17. The maximum atomic E-state index is 13.2. The molecule has 1 aliphatic heterocycles. The fourth-order valence-corrected chi connectivity index (χ4v) is 4.56. The molecule has 0 aromatic heterocycles. The van der Waals surface area contributed by atoms with Gasteiger partial charge in [-0.25, -0.2) is 0 Å². The van der Waals surface area contributed by atoms with Gasteiger partial charge in [-0.3, -0.25) is 14.4 Å². The van der Waals surface area contributed by atoms with Crippen LogP contribution >= 0.6 is 11.8 Å². The Labute approximate surface area is 205 Å². The van der Waals surface area contributed by atoms with Crippen LogP contribution < -0.4 is 15.8 Å². The number of nitrogens with two attached hydrogens (primary N) is 1. The number of hydrogen-bond donors (Lipinski definition) is 2. The van der Waals surface area contributed by atoms with Crippen molar-refractivity contribution in [3.05, 3.63) is 65.7 Å². The molecule has 0 saturated carbocycles. The number of thioether (sulfide) groups is 1. The lowest BCUT2D eigenvalue weighted by Crippen LogP contribution is -2.51. The molecule has 8 heteroatoms. The molecule has 3 N–H and O–H groups in total. The van der Waals surface area contributed by atoms with E-state index in [1.54, 1.807) is 6.92 Å². The Morgan fingerprint density at radius 1 is 1.03 bits per heavy atom. The minimum absolute atomic E-state index is 0.0685. The first kappa shape index (κ1) is 25.6. The van der Waals surface area contributed by atoms with Crippen LogP contribution in [0.15, 0.2) is 54.6 Å². The number of nitrogens with zero attached hydrogens (tertiary/aromatic N) is 1. The summed E-state index contributed by atoms with van der Waals surface area (Å²) in [6, 6.07) is 16.9. The molecule has 2 unspecified atom stereocenters. The van der Waals surface area contributed by atoms with Crippen LogP contribution in [0.2, 0.25) is 0 Å². The summed E-state index contributed by atoms with van der Waals surface area (Å²) in [6.45, 7) is 3.54. The van der Waals surface area contributed by atoms with E-state index in [0.29, 0.717) is 32.5 Å². The normalized spacial score (nSPS) is 15.3. The van der Waals surface area contributed by atoms with E-state index in [-0.39, 0.29) is 24.2 Å². The summed E-state index contributed by atoms with van der Waals surface area (Å²) < 4.78 is 5.85. The van der Waals surface area contributed by atoms with Crippen LogP contribution in [0.3, 0.4) is 0 Å². The van der Waals surface area contributed by atoms with Crippen molar-refractivity contribution < 1.29 is 19.1 Å². The summed E-state index contributed by atoms with van der Waals surface area (Å²) in [5.74, 6) is 1.41. The fraction of sp³-hybridized carbons (Fsp3) is 0.423. The first-order valence-electron chi connectivity index (χ1n) is 11.6. The van der Waals surface area contributed by atoms with Gasteiger partial charge in [0.25, 0.3) is 0 Å². The molecule has 0 radical (unpaired) electrons. The van der Waals surface area contributed by atoms with Gasteiger partial charge in [0.05, 0.1) is 0 Å². The zero-order chi connectivity index (χ0) is 24.3. The van der Waals surface area contributed by atoms with E-state index in [1.165, 1.54) is 0 Å². The van der Waals surface area contributed by atoms with E-state index in [1.807, 2.05) is 71.3 Å². The average molecular weight is 484 g/mol. The largest absolute Gasteiger partial charge is 0.489 e. The monoisotopic (exact) mass is 483 g/mol. The van der Waals surface area contributed by atoms with Gasteiger partial charge in [0.2, 0.25) is 17.7 Å². The van der Waals surface area contributed by atoms with Gasteiger partial charge >= 0.3 is 0 Å². The number of ether oxygens (including phenoxy) is 1. The van der Waals surface area contributed by atoms with Crippen LogP contribution in [0, 0.1) is 5.92 Å². The lowest BCUT2D eigenvalue weighted by Gasteiger charge is -2.30. The molecule has 0 spiro atoms. The maximum Gasteiger partial charge on any atom is 0.245 e. The van der Waals surface area contributed by atoms with Crippen molar-refractivity contribution in [2.75, 3.05) is 24.6 Å². The number of nitrogens with one attached hydrogen (secondary N) is 1. The number of rotatable bonds is 11. The third-order valence-corrected chi connectivity index (χ3v) is 6.80. The molecule has 1 fully saturated rings. The van der Waals surface area contributed by atoms with Crippen molar-refractivity contribution in [2.24, 2.45) is 11.7 Å².